The van der Waals surface area contributed by atoms with Crippen LogP contribution in [0, 0.1) is 0 Å². The van der Waals surface area contributed by atoms with Gasteiger partial charge in [0.2, 0.25) is 0 Å². The van der Waals surface area contributed by atoms with E-state index in [1.807, 2.05) is 44.3 Å². The van der Waals surface area contributed by atoms with Gasteiger partial charge >= 0.3 is 5.97 Å². The molecular formula is C16H25NO2. The molecule has 1 aromatic rings. The normalized spacial score (nSPS) is 12.4. The van der Waals surface area contributed by atoms with Gasteiger partial charge < -0.3 is 4.74 Å². The monoisotopic (exact) mass is 263 g/mol. The highest BCUT2D eigenvalue weighted by molar-refractivity contribution is 5.77. The van der Waals surface area contributed by atoms with E-state index in [4.69, 9.17) is 4.74 Å². The molecule has 0 bridgehead atoms. The SMILES string of the molecule is CCCCCN(C)C(C(=O)OCC)c1ccccc1. The van der Waals surface area contributed by atoms with Crippen molar-refractivity contribution in [3.63, 3.8) is 0 Å². The number of hydrogen-bond donors (Lipinski definition) is 0. The third-order valence-corrected chi connectivity index (χ3v) is 3.18. The Bertz CT molecular complexity index is 364. The maximum atomic E-state index is 12.2. The lowest BCUT2D eigenvalue weighted by molar-refractivity contribution is -0.149. The van der Waals surface area contributed by atoms with E-state index in [0.717, 1.165) is 18.5 Å². The van der Waals surface area contributed by atoms with Gasteiger partial charge in [0.1, 0.15) is 6.04 Å². The molecule has 19 heavy (non-hydrogen) atoms. The summed E-state index contributed by atoms with van der Waals surface area (Å²) in [6.07, 6.45) is 3.48. The molecule has 0 spiro atoms. The molecule has 0 N–H and O–H groups in total. The first-order chi connectivity index (χ1) is 9.20. The van der Waals surface area contributed by atoms with Crippen molar-refractivity contribution in [2.24, 2.45) is 0 Å². The van der Waals surface area contributed by atoms with Crippen molar-refractivity contribution >= 4 is 5.97 Å². The smallest absolute Gasteiger partial charge is 0.327 e. The van der Waals surface area contributed by atoms with Gasteiger partial charge in [0, 0.05) is 0 Å². The van der Waals surface area contributed by atoms with E-state index < -0.39 is 0 Å². The quantitative estimate of drug-likeness (QED) is 0.531. The second-order valence-electron chi connectivity index (χ2n) is 4.75. The molecule has 1 aromatic carbocycles. The van der Waals surface area contributed by atoms with Gasteiger partial charge in [-0.3, -0.25) is 4.90 Å². The van der Waals surface area contributed by atoms with Gasteiger partial charge in [-0.05, 0) is 32.5 Å². The standard InChI is InChI=1S/C16H25NO2/c1-4-6-10-13-17(3)15(16(18)19-5-2)14-11-8-7-9-12-14/h7-9,11-12,15H,4-6,10,13H2,1-3H3. The number of carbonyl (C=O) groups excluding carboxylic acids is 1. The van der Waals surface area contributed by atoms with Crippen molar-refractivity contribution in [2.75, 3.05) is 20.2 Å². The molecule has 3 heteroatoms. The molecule has 106 valence electrons. The molecule has 0 saturated heterocycles. The Labute approximate surface area is 116 Å². The van der Waals surface area contributed by atoms with Crippen LogP contribution in [0.1, 0.15) is 44.7 Å². The highest BCUT2D eigenvalue weighted by atomic mass is 16.5. The number of esters is 1. The number of unbranched alkanes of at least 4 members (excludes halogenated alkanes) is 2. The Balaban J connectivity index is 2.77. The van der Waals surface area contributed by atoms with Gasteiger partial charge in [-0.1, -0.05) is 50.1 Å². The second-order valence-corrected chi connectivity index (χ2v) is 4.75. The van der Waals surface area contributed by atoms with Crippen LogP contribution < -0.4 is 0 Å². The first kappa shape index (κ1) is 15.7. The van der Waals surface area contributed by atoms with Gasteiger partial charge in [0.05, 0.1) is 6.61 Å². The molecule has 0 aliphatic carbocycles. The fourth-order valence-electron chi connectivity index (χ4n) is 2.17. The summed E-state index contributed by atoms with van der Waals surface area (Å²) >= 11 is 0. The summed E-state index contributed by atoms with van der Waals surface area (Å²) in [5.74, 6) is -0.160. The van der Waals surface area contributed by atoms with E-state index >= 15 is 0 Å². The van der Waals surface area contributed by atoms with E-state index in [0.29, 0.717) is 6.61 Å². The van der Waals surface area contributed by atoms with Crippen LogP contribution in [0.25, 0.3) is 0 Å². The summed E-state index contributed by atoms with van der Waals surface area (Å²) in [6.45, 7) is 5.36. The lowest BCUT2D eigenvalue weighted by Gasteiger charge is -2.26. The zero-order valence-electron chi connectivity index (χ0n) is 12.3. The Hall–Kier alpha value is -1.35. The Morgan fingerprint density at radius 1 is 1.21 bits per heavy atom. The van der Waals surface area contributed by atoms with E-state index in [-0.39, 0.29) is 12.0 Å². The highest BCUT2D eigenvalue weighted by Gasteiger charge is 2.25. The number of carbonyl (C=O) groups is 1. The number of ether oxygens (including phenoxy) is 1. The average molecular weight is 263 g/mol. The van der Waals surface area contributed by atoms with Crippen LogP contribution in [-0.4, -0.2) is 31.1 Å². The van der Waals surface area contributed by atoms with Crippen molar-refractivity contribution in [3.8, 4) is 0 Å². The molecule has 0 aliphatic heterocycles. The minimum atomic E-state index is -0.294. The van der Waals surface area contributed by atoms with Crippen LogP contribution >= 0.6 is 0 Å². The highest BCUT2D eigenvalue weighted by Crippen LogP contribution is 2.21. The average Bonchev–Trinajstić information content (AvgIpc) is 2.41. The van der Waals surface area contributed by atoms with Gasteiger partial charge in [0.15, 0.2) is 0 Å². The molecule has 1 rings (SSSR count). The van der Waals surface area contributed by atoms with Gasteiger partial charge in [-0.15, -0.1) is 0 Å². The topological polar surface area (TPSA) is 29.5 Å². The van der Waals surface area contributed by atoms with Crippen molar-refractivity contribution < 1.29 is 9.53 Å². The molecule has 0 aliphatic rings. The van der Waals surface area contributed by atoms with Crippen LogP contribution in [0.4, 0.5) is 0 Å². The fourth-order valence-corrected chi connectivity index (χ4v) is 2.17. The van der Waals surface area contributed by atoms with Gasteiger partial charge in [0.25, 0.3) is 0 Å². The third-order valence-electron chi connectivity index (χ3n) is 3.18. The second kappa shape index (κ2) is 8.70. The van der Waals surface area contributed by atoms with Gasteiger partial charge in [-0.2, -0.15) is 0 Å². The lowest BCUT2D eigenvalue weighted by atomic mass is 10.1. The molecular weight excluding hydrogens is 238 g/mol. The van der Waals surface area contributed by atoms with Crippen LogP contribution in [0.5, 0.6) is 0 Å². The van der Waals surface area contributed by atoms with E-state index in [1.54, 1.807) is 0 Å². The number of nitrogens with zero attached hydrogens (tertiary/aromatic N) is 1. The summed E-state index contributed by atoms with van der Waals surface area (Å²) in [7, 11) is 1.99. The number of likely N-dealkylation sites (N-methyl/N-ethyl adjacent to an activating group) is 1. The molecule has 0 amide bonds. The molecule has 0 fully saturated rings. The summed E-state index contributed by atoms with van der Waals surface area (Å²) in [5, 5.41) is 0. The number of rotatable bonds is 8. The predicted octanol–water partition coefficient (Wildman–Crippen LogP) is 3.41. The molecule has 0 radical (unpaired) electrons. The fraction of sp³-hybridized carbons (Fsp3) is 0.562. The predicted molar refractivity (Wildman–Crippen MR) is 78.0 cm³/mol. The van der Waals surface area contributed by atoms with Crippen LogP contribution in [0.3, 0.4) is 0 Å². The van der Waals surface area contributed by atoms with Crippen LogP contribution in [0.15, 0.2) is 30.3 Å². The molecule has 3 nitrogen and oxygen atoms in total. The van der Waals surface area contributed by atoms with Crippen LogP contribution in [-0.2, 0) is 9.53 Å². The Morgan fingerprint density at radius 2 is 1.89 bits per heavy atom. The number of hydrogen-bond acceptors (Lipinski definition) is 3. The summed E-state index contributed by atoms with van der Waals surface area (Å²) in [5.41, 5.74) is 1.000. The summed E-state index contributed by atoms with van der Waals surface area (Å²) in [6, 6.07) is 9.56. The lowest BCUT2D eigenvalue weighted by Crippen LogP contribution is -2.33. The molecule has 1 unspecified atom stereocenters. The molecule has 0 heterocycles. The molecule has 0 saturated carbocycles. The largest absolute Gasteiger partial charge is 0.465 e. The Kier molecular flexibility index (Phi) is 7.19. The van der Waals surface area contributed by atoms with Crippen molar-refractivity contribution in [3.05, 3.63) is 35.9 Å². The summed E-state index contributed by atoms with van der Waals surface area (Å²) in [4.78, 5) is 14.2. The zero-order chi connectivity index (χ0) is 14.1. The zero-order valence-corrected chi connectivity index (χ0v) is 12.3. The van der Waals surface area contributed by atoms with Crippen molar-refractivity contribution in [1.82, 2.24) is 4.90 Å². The van der Waals surface area contributed by atoms with Crippen molar-refractivity contribution in [1.29, 1.82) is 0 Å². The minimum absolute atomic E-state index is 0.160. The van der Waals surface area contributed by atoms with E-state index in [9.17, 15) is 4.79 Å². The first-order valence-electron chi connectivity index (χ1n) is 7.12. The maximum absolute atomic E-state index is 12.2. The van der Waals surface area contributed by atoms with Gasteiger partial charge in [-0.25, -0.2) is 4.79 Å². The minimum Gasteiger partial charge on any atom is -0.465 e. The third kappa shape index (κ3) is 5.03. The maximum Gasteiger partial charge on any atom is 0.327 e. The van der Waals surface area contributed by atoms with Crippen LogP contribution in [0.2, 0.25) is 0 Å². The van der Waals surface area contributed by atoms with E-state index in [2.05, 4.69) is 11.8 Å². The van der Waals surface area contributed by atoms with E-state index in [1.165, 1.54) is 12.8 Å². The molecule has 1 atom stereocenters. The number of benzene rings is 1. The summed E-state index contributed by atoms with van der Waals surface area (Å²) < 4.78 is 5.21. The molecule has 0 aromatic heterocycles. The first-order valence-corrected chi connectivity index (χ1v) is 7.12. The van der Waals surface area contributed by atoms with Crippen molar-refractivity contribution in [2.45, 2.75) is 39.2 Å². The Morgan fingerprint density at radius 3 is 2.47 bits per heavy atom.